The fourth-order valence-corrected chi connectivity index (χ4v) is 3.51. The van der Waals surface area contributed by atoms with Gasteiger partial charge in [0.1, 0.15) is 0 Å². The van der Waals surface area contributed by atoms with Gasteiger partial charge in [0, 0.05) is 38.3 Å². The molecule has 2 rings (SSSR count). The van der Waals surface area contributed by atoms with E-state index in [1.165, 1.54) is 5.57 Å². The molecule has 1 fully saturated rings. The summed E-state index contributed by atoms with van der Waals surface area (Å²) in [4.78, 5) is 16.6. The molecule has 0 spiro atoms. The van der Waals surface area contributed by atoms with Gasteiger partial charge < -0.3 is 9.80 Å². The van der Waals surface area contributed by atoms with E-state index in [4.69, 9.17) is 0 Å². The van der Waals surface area contributed by atoms with Gasteiger partial charge in [-0.1, -0.05) is 49.1 Å². The maximum atomic E-state index is 12.2. The topological polar surface area (TPSA) is 23.6 Å². The van der Waals surface area contributed by atoms with Crippen LogP contribution in [0.15, 0.2) is 66.8 Å². The maximum Gasteiger partial charge on any atom is 0.224 e. The normalized spacial score (nSPS) is 17.0. The maximum absolute atomic E-state index is 12.2. The van der Waals surface area contributed by atoms with E-state index in [2.05, 4.69) is 29.7 Å². The van der Waals surface area contributed by atoms with Crippen LogP contribution in [-0.4, -0.2) is 36.5 Å². The number of carbonyl (C=O) groups is 1. The second-order valence-electron chi connectivity index (χ2n) is 6.52. The van der Waals surface area contributed by atoms with E-state index in [9.17, 15) is 4.79 Å². The largest absolute Gasteiger partial charge is 0.310 e. The van der Waals surface area contributed by atoms with Gasteiger partial charge in [-0.3, -0.25) is 4.79 Å². The summed E-state index contributed by atoms with van der Waals surface area (Å²) in [6.45, 7) is 10.6. The first-order valence-corrected chi connectivity index (χ1v) is 9.17. The molecule has 25 heavy (non-hydrogen) atoms. The van der Waals surface area contributed by atoms with Crippen LogP contribution in [0.3, 0.4) is 0 Å². The summed E-state index contributed by atoms with van der Waals surface area (Å²) < 4.78 is 0. The fourth-order valence-electron chi connectivity index (χ4n) is 3.51. The zero-order chi connectivity index (χ0) is 18.1. The molecular weight excluding hydrogens is 308 g/mol. The molecule has 0 unspecified atom stereocenters. The van der Waals surface area contributed by atoms with E-state index in [1.807, 2.05) is 48.2 Å². The number of allylic oxidation sites excluding steroid dienone is 4. The molecule has 1 aromatic carbocycles. The summed E-state index contributed by atoms with van der Waals surface area (Å²) in [6.07, 6.45) is 11.3. The van der Waals surface area contributed by atoms with Crippen molar-refractivity contribution < 1.29 is 4.79 Å². The van der Waals surface area contributed by atoms with Crippen LogP contribution < -0.4 is 4.90 Å². The highest BCUT2D eigenvalue weighted by Crippen LogP contribution is 2.24. The van der Waals surface area contributed by atoms with E-state index in [0.717, 1.165) is 44.6 Å². The first-order chi connectivity index (χ1) is 12.2. The molecule has 0 atom stereocenters. The molecule has 1 aromatic rings. The minimum atomic E-state index is 0.133. The van der Waals surface area contributed by atoms with Crippen molar-refractivity contribution in [2.75, 3.05) is 24.5 Å². The smallest absolute Gasteiger partial charge is 0.224 e. The highest BCUT2D eigenvalue weighted by molar-refractivity contribution is 5.92. The third-order valence-electron chi connectivity index (χ3n) is 4.73. The Balaban J connectivity index is 1.91. The molecular formula is C22H30N2O. The lowest BCUT2D eigenvalue weighted by Crippen LogP contribution is -2.47. The molecule has 0 aromatic heterocycles. The number of piperidine rings is 1. The van der Waals surface area contributed by atoms with Gasteiger partial charge >= 0.3 is 0 Å². The van der Waals surface area contributed by atoms with E-state index in [-0.39, 0.29) is 5.91 Å². The Bertz CT molecular complexity index is 610. The van der Waals surface area contributed by atoms with Gasteiger partial charge in [-0.05, 0) is 43.9 Å². The van der Waals surface area contributed by atoms with E-state index in [1.54, 1.807) is 6.92 Å². The summed E-state index contributed by atoms with van der Waals surface area (Å²) in [5.41, 5.74) is 2.33. The molecule has 1 aliphatic rings. The molecule has 1 aliphatic heterocycles. The van der Waals surface area contributed by atoms with Crippen LogP contribution in [0.1, 0.15) is 33.1 Å². The lowest BCUT2D eigenvalue weighted by atomic mass is 10.0. The van der Waals surface area contributed by atoms with E-state index >= 15 is 0 Å². The second-order valence-corrected chi connectivity index (χ2v) is 6.52. The number of benzene rings is 1. The standard InChI is InChI=1S/C22H30N2O/c1-4-9-20(10-5-2)13-16-23-17-14-22(15-18-23)24(19(3)25)21-11-7-6-8-12-21/h4-12,22H,1,13-18H2,2-3H3/b10-5-,20-9+. The summed E-state index contributed by atoms with van der Waals surface area (Å²) in [6, 6.07) is 10.3. The molecule has 1 amide bonds. The minimum absolute atomic E-state index is 0.133. The van der Waals surface area contributed by atoms with Crippen LogP contribution in [0.5, 0.6) is 0 Å². The number of para-hydroxylation sites is 1. The number of hydrogen-bond acceptors (Lipinski definition) is 2. The predicted molar refractivity (Wildman–Crippen MR) is 107 cm³/mol. The Morgan fingerprint density at radius 1 is 1.28 bits per heavy atom. The van der Waals surface area contributed by atoms with Crippen molar-refractivity contribution in [1.82, 2.24) is 4.90 Å². The number of hydrogen-bond donors (Lipinski definition) is 0. The minimum Gasteiger partial charge on any atom is -0.310 e. The quantitative estimate of drug-likeness (QED) is 0.679. The zero-order valence-corrected chi connectivity index (χ0v) is 15.5. The van der Waals surface area contributed by atoms with Crippen LogP contribution in [0, 0.1) is 0 Å². The van der Waals surface area contributed by atoms with Gasteiger partial charge in [0.25, 0.3) is 0 Å². The SMILES string of the molecule is C=C/C=C(\C=C/C)CCN1CCC(N(C(C)=O)c2ccccc2)CC1. The summed E-state index contributed by atoms with van der Waals surface area (Å²) in [5, 5.41) is 0. The molecule has 1 heterocycles. The van der Waals surface area contributed by atoms with Gasteiger partial charge in [0.2, 0.25) is 5.91 Å². The Morgan fingerprint density at radius 2 is 1.96 bits per heavy atom. The molecule has 0 saturated carbocycles. The molecule has 0 bridgehead atoms. The first-order valence-electron chi connectivity index (χ1n) is 9.17. The van der Waals surface area contributed by atoms with Crippen molar-refractivity contribution >= 4 is 11.6 Å². The molecule has 134 valence electrons. The number of likely N-dealkylation sites (tertiary alicyclic amines) is 1. The number of anilines is 1. The van der Waals surface area contributed by atoms with Crippen LogP contribution in [-0.2, 0) is 4.79 Å². The van der Waals surface area contributed by atoms with E-state index < -0.39 is 0 Å². The third-order valence-corrected chi connectivity index (χ3v) is 4.73. The van der Waals surface area contributed by atoms with Crippen molar-refractivity contribution in [2.24, 2.45) is 0 Å². The third kappa shape index (κ3) is 5.71. The Morgan fingerprint density at radius 3 is 2.52 bits per heavy atom. The van der Waals surface area contributed by atoms with Crippen LogP contribution in [0.25, 0.3) is 0 Å². The summed E-state index contributed by atoms with van der Waals surface area (Å²) in [7, 11) is 0. The van der Waals surface area contributed by atoms with Crippen molar-refractivity contribution in [3.63, 3.8) is 0 Å². The highest BCUT2D eigenvalue weighted by atomic mass is 16.2. The number of rotatable bonds is 7. The number of nitrogens with zero attached hydrogens (tertiary/aromatic N) is 2. The molecule has 0 aliphatic carbocycles. The molecule has 1 saturated heterocycles. The summed E-state index contributed by atoms with van der Waals surface area (Å²) >= 11 is 0. The van der Waals surface area contributed by atoms with Gasteiger partial charge in [-0.25, -0.2) is 0 Å². The number of amides is 1. The Labute approximate surface area is 152 Å². The van der Waals surface area contributed by atoms with Gasteiger partial charge in [0.05, 0.1) is 0 Å². The molecule has 3 heteroatoms. The monoisotopic (exact) mass is 338 g/mol. The van der Waals surface area contributed by atoms with Crippen molar-refractivity contribution in [2.45, 2.75) is 39.2 Å². The van der Waals surface area contributed by atoms with Gasteiger partial charge in [-0.2, -0.15) is 0 Å². The lowest BCUT2D eigenvalue weighted by Gasteiger charge is -2.38. The van der Waals surface area contributed by atoms with Crippen molar-refractivity contribution in [3.8, 4) is 0 Å². The van der Waals surface area contributed by atoms with Crippen LogP contribution in [0.2, 0.25) is 0 Å². The Kier molecular flexibility index (Phi) is 7.68. The van der Waals surface area contributed by atoms with Crippen molar-refractivity contribution in [3.05, 3.63) is 66.8 Å². The summed E-state index contributed by atoms with van der Waals surface area (Å²) in [5.74, 6) is 0.133. The lowest BCUT2D eigenvalue weighted by molar-refractivity contribution is -0.117. The van der Waals surface area contributed by atoms with Crippen LogP contribution in [0.4, 0.5) is 5.69 Å². The number of carbonyl (C=O) groups excluding carboxylic acids is 1. The molecule has 3 nitrogen and oxygen atoms in total. The van der Waals surface area contributed by atoms with Gasteiger partial charge in [-0.15, -0.1) is 0 Å². The Hall–Kier alpha value is -2.13. The highest BCUT2D eigenvalue weighted by Gasteiger charge is 2.27. The van der Waals surface area contributed by atoms with Crippen molar-refractivity contribution in [1.29, 1.82) is 0 Å². The fraction of sp³-hybridized carbons (Fsp3) is 0.409. The second kappa shape index (κ2) is 10.00. The average molecular weight is 338 g/mol. The zero-order valence-electron chi connectivity index (χ0n) is 15.5. The molecule has 0 radical (unpaired) electrons. The predicted octanol–water partition coefficient (Wildman–Crippen LogP) is 4.58. The molecule has 0 N–H and O–H groups in total. The average Bonchev–Trinajstić information content (AvgIpc) is 2.62. The van der Waals surface area contributed by atoms with E-state index in [0.29, 0.717) is 6.04 Å². The van der Waals surface area contributed by atoms with Gasteiger partial charge in [0.15, 0.2) is 0 Å². The van der Waals surface area contributed by atoms with Crippen LogP contribution >= 0.6 is 0 Å². The first kappa shape index (κ1) is 19.2.